The fourth-order valence-corrected chi connectivity index (χ4v) is 2.89. The van der Waals surface area contributed by atoms with Crippen molar-refractivity contribution in [3.05, 3.63) is 58.1 Å². The summed E-state index contributed by atoms with van der Waals surface area (Å²) in [7, 11) is 1.56. The van der Waals surface area contributed by atoms with Gasteiger partial charge in [-0.1, -0.05) is 30.3 Å². The van der Waals surface area contributed by atoms with E-state index in [-0.39, 0.29) is 25.1 Å². The zero-order valence-electron chi connectivity index (χ0n) is 14.1. The Hall–Kier alpha value is -1.76. The molecule has 0 heterocycles. The van der Waals surface area contributed by atoms with Crippen molar-refractivity contribution in [2.45, 2.75) is 19.5 Å². The maximum Gasteiger partial charge on any atom is 0.255 e. The molecule has 0 saturated carbocycles. The number of halogens is 2. The van der Waals surface area contributed by atoms with E-state index in [1.165, 1.54) is 5.56 Å². The molecule has 25 heavy (non-hydrogen) atoms. The Balaban J connectivity index is 0.00000312. The maximum atomic E-state index is 10.9. The molecule has 3 N–H and O–H groups in total. The minimum Gasteiger partial charge on any atom is -0.493 e. The van der Waals surface area contributed by atoms with Crippen molar-refractivity contribution in [3.63, 3.8) is 0 Å². The van der Waals surface area contributed by atoms with Crippen LogP contribution < -0.4 is 20.5 Å². The first-order chi connectivity index (χ1) is 11.5. The van der Waals surface area contributed by atoms with Gasteiger partial charge in [-0.2, -0.15) is 0 Å². The maximum absolute atomic E-state index is 10.9. The zero-order chi connectivity index (χ0) is 17.5. The molecule has 0 fully saturated rings. The number of benzene rings is 2. The highest BCUT2D eigenvalue weighted by molar-refractivity contribution is 9.10. The Morgan fingerprint density at radius 3 is 2.56 bits per heavy atom. The number of nitrogens with one attached hydrogen (secondary N) is 1. The fraction of sp³-hybridized carbons (Fsp3) is 0.278. The molecular formula is C18H22BrClN2O3. The number of rotatable bonds is 8. The molecule has 0 radical (unpaired) electrons. The first-order valence-corrected chi connectivity index (χ1v) is 8.36. The third kappa shape index (κ3) is 6.23. The van der Waals surface area contributed by atoms with Crippen LogP contribution in [0, 0.1) is 0 Å². The number of carbonyl (C=O) groups excluding carboxylic acids is 1. The molecule has 1 amide bonds. The van der Waals surface area contributed by atoms with Gasteiger partial charge < -0.3 is 20.5 Å². The summed E-state index contributed by atoms with van der Waals surface area (Å²) in [5.74, 6) is 0.484. The summed E-state index contributed by atoms with van der Waals surface area (Å²) in [6, 6.07) is 14.3. The second-order valence-corrected chi connectivity index (χ2v) is 6.23. The minimum absolute atomic E-state index is 0. The molecule has 0 aliphatic heterocycles. The van der Waals surface area contributed by atoms with Crippen LogP contribution in [-0.4, -0.2) is 19.6 Å². The molecule has 2 aromatic carbocycles. The molecule has 2 rings (SSSR count). The number of carbonyl (C=O) groups is 1. The molecule has 0 saturated heterocycles. The summed E-state index contributed by atoms with van der Waals surface area (Å²) in [5.41, 5.74) is 7.38. The van der Waals surface area contributed by atoms with Crippen molar-refractivity contribution < 1.29 is 14.3 Å². The van der Waals surface area contributed by atoms with E-state index >= 15 is 0 Å². The van der Waals surface area contributed by atoms with Crippen LogP contribution in [0.5, 0.6) is 11.5 Å². The molecule has 0 aliphatic carbocycles. The summed E-state index contributed by atoms with van der Waals surface area (Å²) in [4.78, 5) is 10.9. The predicted octanol–water partition coefficient (Wildman–Crippen LogP) is 3.59. The van der Waals surface area contributed by atoms with Gasteiger partial charge in [0.2, 0.25) is 0 Å². The van der Waals surface area contributed by atoms with E-state index in [0.29, 0.717) is 22.5 Å². The average Bonchev–Trinajstić information content (AvgIpc) is 2.58. The van der Waals surface area contributed by atoms with Crippen molar-refractivity contribution in [1.82, 2.24) is 5.32 Å². The van der Waals surface area contributed by atoms with Crippen molar-refractivity contribution in [2.24, 2.45) is 5.73 Å². The zero-order valence-corrected chi connectivity index (χ0v) is 16.5. The Morgan fingerprint density at radius 1 is 1.28 bits per heavy atom. The lowest BCUT2D eigenvalue weighted by atomic mass is 10.1. The molecule has 0 spiro atoms. The van der Waals surface area contributed by atoms with Crippen LogP contribution in [0.4, 0.5) is 0 Å². The molecular weight excluding hydrogens is 408 g/mol. The van der Waals surface area contributed by atoms with Crippen LogP contribution in [0.3, 0.4) is 0 Å². The van der Waals surface area contributed by atoms with E-state index < -0.39 is 5.91 Å². The van der Waals surface area contributed by atoms with Gasteiger partial charge in [0.15, 0.2) is 18.1 Å². The van der Waals surface area contributed by atoms with Crippen molar-refractivity contribution in [3.8, 4) is 11.5 Å². The van der Waals surface area contributed by atoms with Crippen LogP contribution in [0.2, 0.25) is 0 Å². The standard InChI is InChI=1S/C18H21BrN2O3.ClH/c1-12(14-6-4-3-5-7-14)21-10-13-8-15(19)18(16(9-13)23-2)24-11-17(20)22;/h3-9,12,21H,10-11H2,1-2H3,(H2,20,22);1H. The number of amides is 1. The van der Waals surface area contributed by atoms with Gasteiger partial charge in [0.05, 0.1) is 11.6 Å². The lowest BCUT2D eigenvalue weighted by Crippen LogP contribution is -2.20. The third-order valence-corrected chi connectivity index (χ3v) is 4.15. The van der Waals surface area contributed by atoms with Gasteiger partial charge in [-0.3, -0.25) is 4.79 Å². The van der Waals surface area contributed by atoms with Crippen molar-refractivity contribution in [2.75, 3.05) is 13.7 Å². The third-order valence-electron chi connectivity index (χ3n) is 3.56. The van der Waals surface area contributed by atoms with E-state index in [2.05, 4.69) is 40.3 Å². The molecule has 5 nitrogen and oxygen atoms in total. The SMILES string of the molecule is COc1cc(CNC(C)c2ccccc2)cc(Br)c1OCC(N)=O.Cl. The van der Waals surface area contributed by atoms with Gasteiger partial charge in [0, 0.05) is 12.6 Å². The number of ether oxygens (including phenoxy) is 2. The Kier molecular flexibility index (Phi) is 8.75. The number of hydrogen-bond acceptors (Lipinski definition) is 4. The largest absolute Gasteiger partial charge is 0.493 e. The van der Waals surface area contributed by atoms with Gasteiger partial charge in [-0.05, 0) is 46.1 Å². The average molecular weight is 430 g/mol. The van der Waals surface area contributed by atoms with E-state index in [4.69, 9.17) is 15.2 Å². The van der Waals surface area contributed by atoms with Gasteiger partial charge in [-0.15, -0.1) is 12.4 Å². The summed E-state index contributed by atoms with van der Waals surface area (Å²) in [5, 5.41) is 3.47. The molecule has 7 heteroatoms. The van der Waals surface area contributed by atoms with Crippen molar-refractivity contribution >= 4 is 34.2 Å². The van der Waals surface area contributed by atoms with Crippen LogP contribution in [0.15, 0.2) is 46.9 Å². The highest BCUT2D eigenvalue weighted by atomic mass is 79.9. The van der Waals surface area contributed by atoms with Gasteiger partial charge in [0.1, 0.15) is 0 Å². The summed E-state index contributed by atoms with van der Waals surface area (Å²) in [6.07, 6.45) is 0. The predicted molar refractivity (Wildman–Crippen MR) is 104 cm³/mol. The summed E-state index contributed by atoms with van der Waals surface area (Å²) < 4.78 is 11.5. The molecule has 2 aromatic rings. The number of hydrogen-bond donors (Lipinski definition) is 2. The first-order valence-electron chi connectivity index (χ1n) is 7.57. The van der Waals surface area contributed by atoms with E-state index in [1.807, 2.05) is 30.3 Å². The fourth-order valence-electron chi connectivity index (χ4n) is 2.29. The lowest BCUT2D eigenvalue weighted by molar-refractivity contribution is -0.119. The normalized spacial score (nSPS) is 11.3. The molecule has 136 valence electrons. The number of methoxy groups -OCH3 is 1. The van der Waals surface area contributed by atoms with Gasteiger partial charge in [0.25, 0.3) is 5.91 Å². The number of nitrogens with two attached hydrogens (primary N) is 1. The minimum atomic E-state index is -0.536. The van der Waals surface area contributed by atoms with Crippen molar-refractivity contribution in [1.29, 1.82) is 0 Å². The molecule has 0 aliphatic rings. The second kappa shape index (κ2) is 10.3. The highest BCUT2D eigenvalue weighted by Gasteiger charge is 2.13. The van der Waals surface area contributed by atoms with Crippen LogP contribution in [0.25, 0.3) is 0 Å². The van der Waals surface area contributed by atoms with Crippen LogP contribution >= 0.6 is 28.3 Å². The second-order valence-electron chi connectivity index (χ2n) is 5.38. The molecule has 1 unspecified atom stereocenters. The van der Waals surface area contributed by atoms with Gasteiger partial charge >= 0.3 is 0 Å². The Bertz CT molecular complexity index is 698. The Morgan fingerprint density at radius 2 is 1.96 bits per heavy atom. The van der Waals surface area contributed by atoms with Crippen LogP contribution in [0.1, 0.15) is 24.1 Å². The smallest absolute Gasteiger partial charge is 0.255 e. The molecule has 0 bridgehead atoms. The highest BCUT2D eigenvalue weighted by Crippen LogP contribution is 2.36. The van der Waals surface area contributed by atoms with E-state index in [1.54, 1.807) is 7.11 Å². The number of primary amides is 1. The van der Waals surface area contributed by atoms with E-state index in [9.17, 15) is 4.79 Å². The van der Waals surface area contributed by atoms with Crippen LogP contribution in [-0.2, 0) is 11.3 Å². The topological polar surface area (TPSA) is 73.6 Å². The summed E-state index contributed by atoms with van der Waals surface area (Å²) >= 11 is 3.46. The monoisotopic (exact) mass is 428 g/mol. The quantitative estimate of drug-likeness (QED) is 0.672. The Labute approximate surface area is 162 Å². The van der Waals surface area contributed by atoms with Gasteiger partial charge in [-0.25, -0.2) is 0 Å². The summed E-state index contributed by atoms with van der Waals surface area (Å²) in [6.45, 7) is 2.59. The lowest BCUT2D eigenvalue weighted by Gasteiger charge is -2.17. The molecule has 1 atom stereocenters. The first kappa shape index (κ1) is 21.3. The van der Waals surface area contributed by atoms with E-state index in [0.717, 1.165) is 5.56 Å². The molecule has 0 aromatic heterocycles.